The van der Waals surface area contributed by atoms with Crippen molar-refractivity contribution in [2.45, 2.75) is 39.0 Å². The molecule has 0 spiro atoms. The molecule has 0 bridgehead atoms. The normalized spacial score (nSPS) is 14.6. The van der Waals surface area contributed by atoms with E-state index in [0.717, 1.165) is 12.2 Å². The maximum Gasteiger partial charge on any atom is 0.223 e. The Morgan fingerprint density at radius 1 is 1.11 bits per heavy atom. The van der Waals surface area contributed by atoms with Gasteiger partial charge in [0.1, 0.15) is 11.9 Å². The van der Waals surface area contributed by atoms with E-state index in [2.05, 4.69) is 61.0 Å². The van der Waals surface area contributed by atoms with E-state index in [1.807, 2.05) is 4.90 Å². The highest BCUT2D eigenvalue weighted by Gasteiger charge is 2.23. The molecule has 0 unspecified atom stereocenters. The van der Waals surface area contributed by atoms with Gasteiger partial charge in [-0.3, -0.25) is 4.79 Å². The summed E-state index contributed by atoms with van der Waals surface area (Å²) in [6, 6.07) is 14.4. The summed E-state index contributed by atoms with van der Waals surface area (Å²) in [5.41, 5.74) is 3.24. The fourth-order valence-corrected chi connectivity index (χ4v) is 3.48. The van der Waals surface area contributed by atoms with Crippen molar-refractivity contribution in [1.82, 2.24) is 9.88 Å². The SMILES string of the molecule is CC(C)(C)c1ccc(CCC(=O)N2CCN(c3ncccc3C#N)CC2)cc1. The summed E-state index contributed by atoms with van der Waals surface area (Å²) in [4.78, 5) is 21.0. The van der Waals surface area contributed by atoms with Crippen molar-refractivity contribution in [3.63, 3.8) is 0 Å². The number of aromatic nitrogens is 1. The van der Waals surface area contributed by atoms with E-state index in [9.17, 15) is 10.1 Å². The van der Waals surface area contributed by atoms with Gasteiger partial charge in [0.15, 0.2) is 0 Å². The number of nitriles is 1. The number of aryl methyl sites for hydroxylation is 1. The number of benzene rings is 1. The Bertz CT molecular complexity index is 853. The standard InChI is InChI=1S/C23H28N4O/c1-23(2,3)20-9-6-18(7-10-20)8-11-21(28)26-13-15-27(16-14-26)22-19(17-24)5-4-12-25-22/h4-7,9-10,12H,8,11,13-16H2,1-3H3. The van der Waals surface area contributed by atoms with E-state index in [-0.39, 0.29) is 11.3 Å². The lowest BCUT2D eigenvalue weighted by Gasteiger charge is -2.35. The zero-order valence-electron chi connectivity index (χ0n) is 17.0. The molecule has 5 heteroatoms. The van der Waals surface area contributed by atoms with Crippen LogP contribution in [-0.4, -0.2) is 42.0 Å². The molecule has 1 fully saturated rings. The Labute approximate surface area is 167 Å². The van der Waals surface area contributed by atoms with Crippen LogP contribution in [0, 0.1) is 11.3 Å². The summed E-state index contributed by atoms with van der Waals surface area (Å²) in [6.45, 7) is 9.36. The van der Waals surface area contributed by atoms with Crippen LogP contribution < -0.4 is 4.90 Å². The molecule has 0 N–H and O–H groups in total. The van der Waals surface area contributed by atoms with Gasteiger partial charge in [-0.1, -0.05) is 45.0 Å². The number of rotatable bonds is 4. The average Bonchev–Trinajstić information content (AvgIpc) is 2.71. The van der Waals surface area contributed by atoms with E-state index < -0.39 is 0 Å². The maximum absolute atomic E-state index is 12.6. The van der Waals surface area contributed by atoms with E-state index in [4.69, 9.17) is 0 Å². The lowest BCUT2D eigenvalue weighted by atomic mass is 9.86. The summed E-state index contributed by atoms with van der Waals surface area (Å²) in [7, 11) is 0. The van der Waals surface area contributed by atoms with Gasteiger partial charge in [0.2, 0.25) is 5.91 Å². The molecule has 1 saturated heterocycles. The Hall–Kier alpha value is -2.87. The zero-order valence-corrected chi connectivity index (χ0v) is 17.0. The minimum Gasteiger partial charge on any atom is -0.352 e. The van der Waals surface area contributed by atoms with Crippen LogP contribution in [0.3, 0.4) is 0 Å². The van der Waals surface area contributed by atoms with Crippen molar-refractivity contribution in [3.8, 4) is 6.07 Å². The molecule has 0 atom stereocenters. The van der Waals surface area contributed by atoms with Crippen molar-refractivity contribution in [1.29, 1.82) is 5.26 Å². The number of hydrogen-bond donors (Lipinski definition) is 0. The van der Waals surface area contributed by atoms with Crippen molar-refractivity contribution in [3.05, 3.63) is 59.3 Å². The summed E-state index contributed by atoms with van der Waals surface area (Å²) < 4.78 is 0. The Morgan fingerprint density at radius 2 is 1.79 bits per heavy atom. The molecule has 1 aliphatic heterocycles. The van der Waals surface area contributed by atoms with E-state index in [1.54, 1.807) is 18.3 Å². The molecular weight excluding hydrogens is 348 g/mol. The second-order valence-corrected chi connectivity index (χ2v) is 8.30. The number of carbonyl (C=O) groups excluding carboxylic acids is 1. The minimum absolute atomic E-state index is 0.146. The third-order valence-corrected chi connectivity index (χ3v) is 5.29. The van der Waals surface area contributed by atoms with Gasteiger partial charge in [-0.15, -0.1) is 0 Å². The van der Waals surface area contributed by atoms with Crippen molar-refractivity contribution in [2.75, 3.05) is 31.1 Å². The number of pyridine rings is 1. The number of carbonyl (C=O) groups is 1. The molecule has 1 aliphatic rings. The molecule has 1 aromatic heterocycles. The Balaban J connectivity index is 1.51. The second kappa shape index (κ2) is 8.43. The Kier molecular flexibility index (Phi) is 5.99. The van der Waals surface area contributed by atoms with Crippen molar-refractivity contribution >= 4 is 11.7 Å². The van der Waals surface area contributed by atoms with E-state index >= 15 is 0 Å². The van der Waals surface area contributed by atoms with Crippen LogP contribution in [0.25, 0.3) is 0 Å². The largest absolute Gasteiger partial charge is 0.352 e. The summed E-state index contributed by atoms with van der Waals surface area (Å²) in [5.74, 6) is 0.914. The molecule has 3 rings (SSSR count). The average molecular weight is 377 g/mol. The molecule has 0 aliphatic carbocycles. The summed E-state index contributed by atoms with van der Waals surface area (Å²) >= 11 is 0. The molecule has 5 nitrogen and oxygen atoms in total. The third-order valence-electron chi connectivity index (χ3n) is 5.29. The lowest BCUT2D eigenvalue weighted by Crippen LogP contribution is -2.49. The van der Waals surface area contributed by atoms with Gasteiger partial charge in [0, 0.05) is 38.8 Å². The monoisotopic (exact) mass is 376 g/mol. The summed E-state index contributed by atoms with van der Waals surface area (Å²) in [5, 5.41) is 9.25. The number of anilines is 1. The fraction of sp³-hybridized carbons (Fsp3) is 0.435. The predicted molar refractivity (Wildman–Crippen MR) is 111 cm³/mol. The summed E-state index contributed by atoms with van der Waals surface area (Å²) in [6.07, 6.45) is 3.00. The van der Waals surface area contributed by atoms with Gasteiger partial charge >= 0.3 is 0 Å². The van der Waals surface area contributed by atoms with Gasteiger partial charge in [-0.25, -0.2) is 4.98 Å². The predicted octanol–water partition coefficient (Wildman–Crippen LogP) is 3.53. The first-order chi connectivity index (χ1) is 13.4. The first kappa shape index (κ1) is 19.9. The van der Waals surface area contributed by atoms with Gasteiger partial charge in [-0.05, 0) is 35.1 Å². The van der Waals surface area contributed by atoms with Crippen LogP contribution in [0.5, 0.6) is 0 Å². The van der Waals surface area contributed by atoms with Gasteiger partial charge in [-0.2, -0.15) is 5.26 Å². The van der Waals surface area contributed by atoms with Crippen molar-refractivity contribution < 1.29 is 4.79 Å². The molecule has 1 aromatic carbocycles. The third kappa shape index (κ3) is 4.69. The topological polar surface area (TPSA) is 60.2 Å². The molecule has 1 amide bonds. The smallest absolute Gasteiger partial charge is 0.223 e. The van der Waals surface area contributed by atoms with Crippen LogP contribution in [-0.2, 0) is 16.6 Å². The van der Waals surface area contributed by atoms with Crippen LogP contribution in [0.2, 0.25) is 0 Å². The highest BCUT2D eigenvalue weighted by Crippen LogP contribution is 2.23. The van der Waals surface area contributed by atoms with E-state index in [1.165, 1.54) is 11.1 Å². The van der Waals surface area contributed by atoms with Crippen LogP contribution in [0.4, 0.5) is 5.82 Å². The van der Waals surface area contributed by atoms with Gasteiger partial charge in [0.25, 0.3) is 0 Å². The van der Waals surface area contributed by atoms with Crippen molar-refractivity contribution in [2.24, 2.45) is 0 Å². The molecule has 2 heterocycles. The van der Waals surface area contributed by atoms with Crippen LogP contribution in [0.1, 0.15) is 43.9 Å². The Morgan fingerprint density at radius 3 is 2.39 bits per heavy atom. The van der Waals surface area contributed by atoms with Crippen LogP contribution in [0.15, 0.2) is 42.6 Å². The highest BCUT2D eigenvalue weighted by atomic mass is 16.2. The number of piperazine rings is 1. The van der Waals surface area contributed by atoms with E-state index in [0.29, 0.717) is 38.2 Å². The van der Waals surface area contributed by atoms with Crippen LogP contribution >= 0.6 is 0 Å². The first-order valence-corrected chi connectivity index (χ1v) is 9.86. The molecule has 0 radical (unpaired) electrons. The van der Waals surface area contributed by atoms with Gasteiger partial charge in [0.05, 0.1) is 5.56 Å². The number of hydrogen-bond acceptors (Lipinski definition) is 4. The molecule has 28 heavy (non-hydrogen) atoms. The quantitative estimate of drug-likeness (QED) is 0.819. The molecule has 0 saturated carbocycles. The maximum atomic E-state index is 12.6. The highest BCUT2D eigenvalue weighted by molar-refractivity contribution is 5.76. The molecule has 146 valence electrons. The molecular formula is C23H28N4O. The molecule has 2 aromatic rings. The lowest BCUT2D eigenvalue weighted by molar-refractivity contribution is -0.131. The number of nitrogens with zero attached hydrogens (tertiary/aromatic N) is 4. The first-order valence-electron chi connectivity index (χ1n) is 9.86. The fourth-order valence-electron chi connectivity index (χ4n) is 3.48. The minimum atomic E-state index is 0.146. The zero-order chi connectivity index (χ0) is 20.1. The van der Waals surface area contributed by atoms with Gasteiger partial charge < -0.3 is 9.80 Å². The number of amides is 1. The second-order valence-electron chi connectivity index (χ2n) is 8.30.